The summed E-state index contributed by atoms with van der Waals surface area (Å²) in [6.07, 6.45) is 5.75. The summed E-state index contributed by atoms with van der Waals surface area (Å²) in [7, 11) is 0. The molecule has 1 aromatic carbocycles. The third kappa shape index (κ3) is 4.91. The van der Waals surface area contributed by atoms with Crippen LogP contribution in [-0.2, 0) is 14.3 Å². The Balaban J connectivity index is 1.82. The van der Waals surface area contributed by atoms with E-state index in [1.807, 2.05) is 6.92 Å². The number of esters is 1. The molecule has 1 saturated heterocycles. The molecule has 1 aliphatic heterocycles. The summed E-state index contributed by atoms with van der Waals surface area (Å²) in [5.74, 6) is -0.800. The van der Waals surface area contributed by atoms with Crippen LogP contribution in [0.5, 0.6) is 0 Å². The number of nitrogens with zero attached hydrogens (tertiary/aromatic N) is 2. The van der Waals surface area contributed by atoms with Gasteiger partial charge in [0.1, 0.15) is 0 Å². The van der Waals surface area contributed by atoms with E-state index < -0.39 is 10.9 Å². The minimum Gasteiger partial charge on any atom is -0.452 e. The lowest BCUT2D eigenvalue weighted by atomic mass is 10.0. The standard InChI is InChI=1S/C17H20N2O5/c1-13-4-2-3-11-18(13)16(20)12-24-17(21)10-7-14-5-8-15(9-6-14)19(22)23/h5-10,13H,2-4,11-12H2,1H3/b10-7+/t13-/m0/s1. The molecule has 1 fully saturated rings. The van der Waals surface area contributed by atoms with Crippen LogP contribution >= 0.6 is 0 Å². The van der Waals surface area contributed by atoms with Crippen molar-refractivity contribution in [3.8, 4) is 0 Å². The molecule has 7 heteroatoms. The molecule has 1 aromatic rings. The zero-order chi connectivity index (χ0) is 17.5. The smallest absolute Gasteiger partial charge is 0.331 e. The van der Waals surface area contributed by atoms with Crippen LogP contribution in [-0.4, -0.2) is 40.9 Å². The Labute approximate surface area is 140 Å². The zero-order valence-corrected chi connectivity index (χ0v) is 13.5. The van der Waals surface area contributed by atoms with Gasteiger partial charge in [-0.2, -0.15) is 0 Å². The van der Waals surface area contributed by atoms with Crippen molar-refractivity contribution >= 4 is 23.6 Å². The second-order valence-electron chi connectivity index (χ2n) is 5.72. The van der Waals surface area contributed by atoms with Gasteiger partial charge in [-0.1, -0.05) is 0 Å². The van der Waals surface area contributed by atoms with Gasteiger partial charge in [-0.15, -0.1) is 0 Å². The molecule has 2 rings (SSSR count). The van der Waals surface area contributed by atoms with Crippen LogP contribution in [0.1, 0.15) is 31.7 Å². The molecule has 128 valence electrons. The van der Waals surface area contributed by atoms with Crippen LogP contribution < -0.4 is 0 Å². The van der Waals surface area contributed by atoms with Gasteiger partial charge in [-0.05, 0) is 50.0 Å². The van der Waals surface area contributed by atoms with Crippen molar-refractivity contribution in [3.63, 3.8) is 0 Å². The number of hydrogen-bond donors (Lipinski definition) is 0. The van der Waals surface area contributed by atoms with E-state index in [2.05, 4.69) is 0 Å². The van der Waals surface area contributed by atoms with E-state index in [-0.39, 0.29) is 24.2 Å². The molecule has 1 aliphatic rings. The van der Waals surface area contributed by atoms with Gasteiger partial charge in [0.25, 0.3) is 11.6 Å². The molecule has 0 bridgehead atoms. The largest absolute Gasteiger partial charge is 0.452 e. The number of piperidine rings is 1. The first-order valence-corrected chi connectivity index (χ1v) is 7.86. The molecule has 0 N–H and O–H groups in total. The second-order valence-corrected chi connectivity index (χ2v) is 5.72. The maximum absolute atomic E-state index is 12.0. The highest BCUT2D eigenvalue weighted by molar-refractivity contribution is 5.89. The maximum Gasteiger partial charge on any atom is 0.331 e. The molecule has 0 spiro atoms. The van der Waals surface area contributed by atoms with Crippen LogP contribution in [0.3, 0.4) is 0 Å². The van der Waals surface area contributed by atoms with Gasteiger partial charge in [0.15, 0.2) is 6.61 Å². The van der Waals surface area contributed by atoms with Crippen LogP contribution in [0, 0.1) is 10.1 Å². The number of ether oxygens (including phenoxy) is 1. The molecule has 24 heavy (non-hydrogen) atoms. The fourth-order valence-electron chi connectivity index (χ4n) is 2.60. The number of carbonyl (C=O) groups is 2. The molecule has 0 unspecified atom stereocenters. The Kier molecular flexibility index (Phi) is 6.06. The SMILES string of the molecule is C[C@H]1CCCCN1C(=O)COC(=O)/C=C/c1ccc([N+](=O)[O-])cc1. The number of rotatable bonds is 5. The maximum atomic E-state index is 12.0. The summed E-state index contributed by atoms with van der Waals surface area (Å²) < 4.78 is 4.96. The lowest BCUT2D eigenvalue weighted by molar-refractivity contribution is -0.384. The highest BCUT2D eigenvalue weighted by atomic mass is 16.6. The number of nitro benzene ring substituents is 1. The quantitative estimate of drug-likeness (QED) is 0.358. The predicted octanol–water partition coefficient (Wildman–Crippen LogP) is 2.55. The van der Waals surface area contributed by atoms with Crippen LogP contribution in [0.25, 0.3) is 6.08 Å². The number of hydrogen-bond acceptors (Lipinski definition) is 5. The van der Waals surface area contributed by atoms with Crippen molar-refractivity contribution in [2.24, 2.45) is 0 Å². The molecular weight excluding hydrogens is 312 g/mol. The summed E-state index contributed by atoms with van der Waals surface area (Å²) in [5.41, 5.74) is 0.615. The first-order chi connectivity index (χ1) is 11.5. The van der Waals surface area contributed by atoms with Crippen LogP contribution in [0.2, 0.25) is 0 Å². The second kappa shape index (κ2) is 8.24. The van der Waals surface area contributed by atoms with E-state index in [0.717, 1.165) is 19.3 Å². The van der Waals surface area contributed by atoms with E-state index in [1.54, 1.807) is 4.90 Å². The van der Waals surface area contributed by atoms with E-state index in [1.165, 1.54) is 36.4 Å². The van der Waals surface area contributed by atoms with Gasteiger partial charge in [-0.3, -0.25) is 14.9 Å². The summed E-state index contributed by atoms with van der Waals surface area (Å²) in [4.78, 5) is 35.5. The summed E-state index contributed by atoms with van der Waals surface area (Å²) in [5, 5.41) is 10.6. The van der Waals surface area contributed by atoms with Gasteiger partial charge in [-0.25, -0.2) is 4.79 Å². The van der Waals surface area contributed by atoms with E-state index >= 15 is 0 Å². The fraction of sp³-hybridized carbons (Fsp3) is 0.412. The van der Waals surface area contributed by atoms with Gasteiger partial charge in [0.2, 0.25) is 0 Å². The lowest BCUT2D eigenvalue weighted by Gasteiger charge is -2.33. The number of benzene rings is 1. The Morgan fingerprint density at radius 3 is 2.67 bits per heavy atom. The Morgan fingerprint density at radius 1 is 1.33 bits per heavy atom. The number of amides is 1. The molecule has 0 radical (unpaired) electrons. The third-order valence-electron chi connectivity index (χ3n) is 3.98. The number of non-ortho nitro benzene ring substituents is 1. The van der Waals surface area contributed by atoms with Crippen LogP contribution in [0.4, 0.5) is 5.69 Å². The van der Waals surface area contributed by atoms with Crippen molar-refractivity contribution in [2.75, 3.05) is 13.2 Å². The van der Waals surface area contributed by atoms with Crippen molar-refractivity contribution in [1.82, 2.24) is 4.90 Å². The topological polar surface area (TPSA) is 89.8 Å². The van der Waals surface area contributed by atoms with Crippen molar-refractivity contribution < 1.29 is 19.2 Å². The average molecular weight is 332 g/mol. The number of likely N-dealkylation sites (tertiary alicyclic amines) is 1. The van der Waals surface area contributed by atoms with Crippen molar-refractivity contribution in [2.45, 2.75) is 32.2 Å². The summed E-state index contributed by atoms with van der Waals surface area (Å²) in [6, 6.07) is 5.95. The molecule has 0 aromatic heterocycles. The summed E-state index contributed by atoms with van der Waals surface area (Å²) >= 11 is 0. The molecule has 0 aliphatic carbocycles. The highest BCUT2D eigenvalue weighted by Crippen LogP contribution is 2.16. The Hall–Kier alpha value is -2.70. The lowest BCUT2D eigenvalue weighted by Crippen LogP contribution is -2.44. The van der Waals surface area contributed by atoms with Crippen LogP contribution in [0.15, 0.2) is 30.3 Å². The Morgan fingerprint density at radius 2 is 2.04 bits per heavy atom. The molecule has 1 atom stereocenters. The first-order valence-electron chi connectivity index (χ1n) is 7.86. The zero-order valence-electron chi connectivity index (χ0n) is 13.5. The van der Waals surface area contributed by atoms with Crippen molar-refractivity contribution in [1.29, 1.82) is 0 Å². The minimum atomic E-state index is -0.619. The fourth-order valence-corrected chi connectivity index (χ4v) is 2.60. The summed E-state index contributed by atoms with van der Waals surface area (Å²) in [6.45, 7) is 2.43. The monoisotopic (exact) mass is 332 g/mol. The highest BCUT2D eigenvalue weighted by Gasteiger charge is 2.23. The van der Waals surface area contributed by atoms with Gasteiger partial charge >= 0.3 is 5.97 Å². The van der Waals surface area contributed by atoms with Crippen molar-refractivity contribution in [3.05, 3.63) is 46.0 Å². The molecule has 1 heterocycles. The third-order valence-corrected chi connectivity index (χ3v) is 3.98. The molecule has 1 amide bonds. The van der Waals surface area contributed by atoms with E-state index in [9.17, 15) is 19.7 Å². The first kappa shape index (κ1) is 17.7. The van der Waals surface area contributed by atoms with Gasteiger partial charge < -0.3 is 9.64 Å². The average Bonchev–Trinajstić information content (AvgIpc) is 2.58. The van der Waals surface area contributed by atoms with Gasteiger partial charge in [0.05, 0.1) is 4.92 Å². The van der Waals surface area contributed by atoms with E-state index in [0.29, 0.717) is 12.1 Å². The molecular formula is C17H20N2O5. The number of nitro groups is 1. The normalized spacial score (nSPS) is 17.7. The molecule has 7 nitrogen and oxygen atoms in total. The minimum absolute atomic E-state index is 0.0176. The van der Waals surface area contributed by atoms with Gasteiger partial charge in [0, 0.05) is 30.8 Å². The Bertz CT molecular complexity index is 639. The van der Waals surface area contributed by atoms with E-state index in [4.69, 9.17) is 4.74 Å². The molecule has 0 saturated carbocycles. The predicted molar refractivity (Wildman–Crippen MR) is 88.1 cm³/mol. The number of carbonyl (C=O) groups excluding carboxylic acids is 2.